The number of likely N-dealkylation sites (tertiary alicyclic amines) is 2. The van der Waals surface area contributed by atoms with Gasteiger partial charge in [-0.1, -0.05) is 12.6 Å². The zero-order valence-electron chi connectivity index (χ0n) is 22.4. The minimum absolute atomic E-state index is 0.0248. The van der Waals surface area contributed by atoms with Gasteiger partial charge in [0.2, 0.25) is 11.9 Å². The number of hydrogen-bond acceptors (Lipinski definition) is 6. The number of imidazole rings is 1. The van der Waals surface area contributed by atoms with Crippen molar-refractivity contribution in [3.63, 3.8) is 0 Å². The number of rotatable bonds is 7. The molecule has 2 fully saturated rings. The number of carbonyl (C=O) groups is 2. The van der Waals surface area contributed by atoms with Crippen LogP contribution in [0.4, 0.5) is 5.95 Å². The molecular weight excluding hydrogens is 480 g/mol. The van der Waals surface area contributed by atoms with Crippen molar-refractivity contribution in [2.45, 2.75) is 51.8 Å². The first-order valence-corrected chi connectivity index (χ1v) is 13.3. The van der Waals surface area contributed by atoms with E-state index in [0.29, 0.717) is 30.7 Å². The Balaban J connectivity index is 1.53. The summed E-state index contributed by atoms with van der Waals surface area (Å²) in [7, 11) is 1.76. The lowest BCUT2D eigenvalue weighted by Gasteiger charge is -2.38. The van der Waals surface area contributed by atoms with Gasteiger partial charge in [-0.05, 0) is 68.5 Å². The SMILES string of the molecule is C=CC(=O)N1CCCC[C@@H](n2c(NC(=O)c3ccnc(C)c3)nc3cc(CN4CC(OC)C4)cc(C)c32)C1. The molecule has 200 valence electrons. The number of nitrogens with one attached hydrogen (secondary N) is 1. The van der Waals surface area contributed by atoms with Gasteiger partial charge in [0.05, 0.1) is 23.2 Å². The Bertz CT molecular complexity index is 1360. The molecule has 0 saturated carbocycles. The Kier molecular flexibility index (Phi) is 7.58. The summed E-state index contributed by atoms with van der Waals surface area (Å²) in [5, 5.41) is 3.08. The monoisotopic (exact) mass is 516 g/mol. The van der Waals surface area contributed by atoms with E-state index >= 15 is 0 Å². The number of benzene rings is 1. The summed E-state index contributed by atoms with van der Waals surface area (Å²) >= 11 is 0. The fraction of sp³-hybridized carbons (Fsp3) is 0.448. The molecule has 0 spiro atoms. The van der Waals surface area contributed by atoms with Crippen molar-refractivity contribution in [3.05, 3.63) is 65.5 Å². The van der Waals surface area contributed by atoms with Gasteiger partial charge in [-0.15, -0.1) is 0 Å². The maximum atomic E-state index is 13.3. The van der Waals surface area contributed by atoms with E-state index in [0.717, 1.165) is 61.2 Å². The molecule has 1 N–H and O–H groups in total. The number of carbonyl (C=O) groups excluding carboxylic acids is 2. The molecule has 2 aromatic heterocycles. The lowest BCUT2D eigenvalue weighted by Crippen LogP contribution is -2.50. The van der Waals surface area contributed by atoms with Crippen LogP contribution in [0, 0.1) is 13.8 Å². The van der Waals surface area contributed by atoms with Gasteiger partial charge in [0.1, 0.15) is 0 Å². The molecule has 1 aromatic carbocycles. The van der Waals surface area contributed by atoms with Crippen molar-refractivity contribution in [2.24, 2.45) is 0 Å². The minimum Gasteiger partial charge on any atom is -0.379 e. The van der Waals surface area contributed by atoms with Gasteiger partial charge in [-0.25, -0.2) is 4.98 Å². The number of methoxy groups -OCH3 is 1. The summed E-state index contributed by atoms with van der Waals surface area (Å²) in [5.41, 5.74) is 5.42. The maximum Gasteiger partial charge on any atom is 0.258 e. The summed E-state index contributed by atoms with van der Waals surface area (Å²) < 4.78 is 7.56. The molecule has 1 atom stereocenters. The van der Waals surface area contributed by atoms with Gasteiger partial charge >= 0.3 is 0 Å². The van der Waals surface area contributed by atoms with Crippen LogP contribution < -0.4 is 5.32 Å². The number of pyridine rings is 1. The largest absolute Gasteiger partial charge is 0.379 e. The topological polar surface area (TPSA) is 92.6 Å². The first-order valence-electron chi connectivity index (χ1n) is 13.3. The maximum absolute atomic E-state index is 13.3. The molecule has 0 radical (unpaired) electrons. The van der Waals surface area contributed by atoms with Crippen LogP contribution in [0.25, 0.3) is 11.0 Å². The first-order chi connectivity index (χ1) is 18.4. The van der Waals surface area contributed by atoms with Gasteiger partial charge in [0, 0.05) is 57.3 Å². The fourth-order valence-corrected chi connectivity index (χ4v) is 5.62. The molecule has 4 heterocycles. The molecule has 2 aliphatic heterocycles. The molecule has 2 saturated heterocycles. The second kappa shape index (κ2) is 11.0. The highest BCUT2D eigenvalue weighted by Gasteiger charge is 2.29. The first kappa shape index (κ1) is 26.1. The van der Waals surface area contributed by atoms with E-state index in [1.165, 1.54) is 11.6 Å². The summed E-state index contributed by atoms with van der Waals surface area (Å²) in [6, 6.07) is 7.77. The molecule has 38 heavy (non-hydrogen) atoms. The van der Waals surface area contributed by atoms with Gasteiger partial charge < -0.3 is 14.2 Å². The number of hydrogen-bond donors (Lipinski definition) is 1. The third-order valence-corrected chi connectivity index (χ3v) is 7.58. The van der Waals surface area contributed by atoms with E-state index in [4.69, 9.17) is 9.72 Å². The third kappa shape index (κ3) is 5.35. The van der Waals surface area contributed by atoms with Gasteiger partial charge in [0.15, 0.2) is 0 Å². The van der Waals surface area contributed by atoms with E-state index in [-0.39, 0.29) is 17.9 Å². The van der Waals surface area contributed by atoms with Crippen molar-refractivity contribution < 1.29 is 14.3 Å². The van der Waals surface area contributed by atoms with Crippen molar-refractivity contribution in [1.82, 2.24) is 24.3 Å². The molecule has 0 aliphatic carbocycles. The van der Waals surface area contributed by atoms with E-state index < -0.39 is 0 Å². The smallest absolute Gasteiger partial charge is 0.258 e. The zero-order valence-corrected chi connectivity index (χ0v) is 22.4. The Morgan fingerprint density at radius 1 is 1.18 bits per heavy atom. The highest BCUT2D eigenvalue weighted by Crippen LogP contribution is 2.33. The number of fused-ring (bicyclic) bond motifs is 1. The average molecular weight is 517 g/mol. The molecule has 0 unspecified atom stereocenters. The number of anilines is 1. The standard InChI is InChI=1S/C29H36N6O3/c1-5-26(36)34-11-7-6-8-23(16-34)35-27-19(2)12-21(15-33-17-24(18-33)38-4)14-25(27)31-29(35)32-28(37)22-9-10-30-20(3)13-22/h5,9-10,12-14,23-24H,1,6-8,11,15-18H2,2-4H3,(H,31,32,37)/t23-/m1/s1. The van der Waals surface area contributed by atoms with E-state index in [9.17, 15) is 9.59 Å². The number of aromatic nitrogens is 3. The summed E-state index contributed by atoms with van der Waals surface area (Å²) in [4.78, 5) is 39.2. The van der Waals surface area contributed by atoms with Crippen LogP contribution in [0.3, 0.4) is 0 Å². The van der Waals surface area contributed by atoms with Crippen molar-refractivity contribution in [3.8, 4) is 0 Å². The predicted molar refractivity (Wildman–Crippen MR) is 147 cm³/mol. The third-order valence-electron chi connectivity index (χ3n) is 7.58. The fourth-order valence-electron chi connectivity index (χ4n) is 5.62. The van der Waals surface area contributed by atoms with Gasteiger partial charge in [-0.2, -0.15) is 0 Å². The Morgan fingerprint density at radius 2 is 2.00 bits per heavy atom. The molecule has 5 rings (SSSR count). The lowest BCUT2D eigenvalue weighted by molar-refractivity contribution is -0.126. The minimum atomic E-state index is -0.233. The molecule has 3 aromatic rings. The number of ether oxygens (including phenoxy) is 1. The van der Waals surface area contributed by atoms with Crippen LogP contribution in [0.15, 0.2) is 43.1 Å². The van der Waals surface area contributed by atoms with Crippen LogP contribution >= 0.6 is 0 Å². The predicted octanol–water partition coefficient (Wildman–Crippen LogP) is 3.87. The Hall–Kier alpha value is -3.56. The Morgan fingerprint density at radius 3 is 2.74 bits per heavy atom. The summed E-state index contributed by atoms with van der Waals surface area (Å²) in [5.74, 6) is 0.201. The van der Waals surface area contributed by atoms with Gasteiger partial charge in [0.25, 0.3) is 5.91 Å². The van der Waals surface area contributed by atoms with Crippen LogP contribution in [-0.2, 0) is 16.1 Å². The second-order valence-electron chi connectivity index (χ2n) is 10.4. The summed E-state index contributed by atoms with van der Waals surface area (Å²) in [6.07, 6.45) is 6.12. The lowest BCUT2D eigenvalue weighted by atomic mass is 10.1. The van der Waals surface area contributed by atoms with Crippen molar-refractivity contribution >= 4 is 28.8 Å². The van der Waals surface area contributed by atoms with Crippen LogP contribution in [0.1, 0.15) is 52.5 Å². The van der Waals surface area contributed by atoms with Crippen LogP contribution in [-0.4, -0.2) is 75.5 Å². The van der Waals surface area contributed by atoms with E-state index in [2.05, 4.69) is 45.4 Å². The molecule has 9 nitrogen and oxygen atoms in total. The second-order valence-corrected chi connectivity index (χ2v) is 10.4. The molecular formula is C29H36N6O3. The van der Waals surface area contributed by atoms with Crippen molar-refractivity contribution in [2.75, 3.05) is 38.6 Å². The number of amides is 2. The normalized spacial score (nSPS) is 18.7. The Labute approximate surface area is 223 Å². The van der Waals surface area contributed by atoms with Gasteiger partial charge in [-0.3, -0.25) is 24.8 Å². The molecule has 9 heteroatoms. The van der Waals surface area contributed by atoms with E-state index in [1.807, 2.05) is 11.8 Å². The molecule has 2 aliphatic rings. The van der Waals surface area contributed by atoms with E-state index in [1.54, 1.807) is 25.4 Å². The summed E-state index contributed by atoms with van der Waals surface area (Å²) in [6.45, 7) is 11.6. The average Bonchev–Trinajstić information content (AvgIpc) is 3.06. The van der Waals surface area contributed by atoms with Crippen LogP contribution in [0.2, 0.25) is 0 Å². The molecule has 0 bridgehead atoms. The highest BCUT2D eigenvalue weighted by molar-refractivity contribution is 6.04. The zero-order chi connectivity index (χ0) is 26.8. The quantitative estimate of drug-likeness (QED) is 0.480. The van der Waals surface area contributed by atoms with Crippen LogP contribution in [0.5, 0.6) is 0 Å². The van der Waals surface area contributed by atoms with Crippen molar-refractivity contribution in [1.29, 1.82) is 0 Å². The number of nitrogens with zero attached hydrogens (tertiary/aromatic N) is 5. The number of aryl methyl sites for hydroxylation is 2. The molecule has 2 amide bonds. The highest BCUT2D eigenvalue weighted by atomic mass is 16.5.